The van der Waals surface area contributed by atoms with Crippen molar-refractivity contribution in [3.63, 3.8) is 0 Å². The lowest BCUT2D eigenvalue weighted by molar-refractivity contribution is 0.151. The minimum Gasteiger partial charge on any atom is -0.357 e. The quantitative estimate of drug-likeness (QED) is 0.343. The summed E-state index contributed by atoms with van der Waals surface area (Å²) in [5.74, 6) is 1.90. The van der Waals surface area contributed by atoms with Crippen molar-refractivity contribution in [2.45, 2.75) is 52.0 Å². The number of guanidine groups is 1. The van der Waals surface area contributed by atoms with Gasteiger partial charge in [0.25, 0.3) is 0 Å². The van der Waals surface area contributed by atoms with Crippen molar-refractivity contribution in [3.05, 3.63) is 18.5 Å². The zero-order chi connectivity index (χ0) is 19.6. The highest BCUT2D eigenvalue weighted by atomic mass is 127. The molecule has 164 valence electrons. The molecule has 1 N–H and O–H groups in total. The van der Waals surface area contributed by atoms with Crippen LogP contribution in [0.5, 0.6) is 0 Å². The number of nitrogens with zero attached hydrogens (tertiary/aromatic N) is 6. The molecule has 1 unspecified atom stereocenters. The van der Waals surface area contributed by atoms with Crippen molar-refractivity contribution >= 4 is 35.9 Å². The molecule has 0 radical (unpaired) electrons. The van der Waals surface area contributed by atoms with Gasteiger partial charge in [0, 0.05) is 51.2 Å². The number of unbranched alkanes of at least 4 members (excludes halogenated alkanes) is 1. The second-order valence-electron chi connectivity index (χ2n) is 7.76. The van der Waals surface area contributed by atoms with Crippen LogP contribution in [0.4, 0.5) is 5.95 Å². The number of piperidine rings is 1. The van der Waals surface area contributed by atoms with Crippen molar-refractivity contribution in [2.75, 3.05) is 57.3 Å². The maximum atomic E-state index is 5.06. The van der Waals surface area contributed by atoms with Gasteiger partial charge >= 0.3 is 0 Å². The van der Waals surface area contributed by atoms with Crippen LogP contribution in [0.3, 0.4) is 0 Å². The standard InChI is InChI=1S/C21H37N7.HI/c1-3-5-12-26-13-7-6-9-19(26)18-25-20(22-4-2)27-14-16-28(17-15-27)21-23-10-8-11-24-21;/h8,10-11,19H,3-7,9,12-18H2,1-2H3,(H,22,25);1H. The van der Waals surface area contributed by atoms with Crippen LogP contribution in [-0.2, 0) is 0 Å². The van der Waals surface area contributed by atoms with Crippen LogP contribution in [-0.4, -0.2) is 84.1 Å². The van der Waals surface area contributed by atoms with E-state index < -0.39 is 0 Å². The van der Waals surface area contributed by atoms with Crippen LogP contribution >= 0.6 is 24.0 Å². The van der Waals surface area contributed by atoms with Gasteiger partial charge in [0.2, 0.25) is 5.95 Å². The first-order valence-corrected chi connectivity index (χ1v) is 11.1. The van der Waals surface area contributed by atoms with Crippen LogP contribution in [0.1, 0.15) is 46.0 Å². The summed E-state index contributed by atoms with van der Waals surface area (Å²) < 4.78 is 0. The average molecular weight is 515 g/mol. The normalized spacial score (nSPS) is 21.0. The van der Waals surface area contributed by atoms with Gasteiger partial charge in [-0.25, -0.2) is 9.97 Å². The smallest absolute Gasteiger partial charge is 0.225 e. The van der Waals surface area contributed by atoms with Crippen LogP contribution in [0.2, 0.25) is 0 Å². The number of halogens is 1. The van der Waals surface area contributed by atoms with Crippen molar-refractivity contribution in [2.24, 2.45) is 4.99 Å². The van der Waals surface area contributed by atoms with E-state index in [1.807, 2.05) is 18.5 Å². The fourth-order valence-electron chi connectivity index (χ4n) is 4.11. The highest BCUT2D eigenvalue weighted by molar-refractivity contribution is 14.0. The molecule has 29 heavy (non-hydrogen) atoms. The minimum absolute atomic E-state index is 0. The van der Waals surface area contributed by atoms with Gasteiger partial charge in [-0.05, 0) is 45.3 Å². The molecule has 0 aliphatic carbocycles. The topological polar surface area (TPSA) is 59.9 Å². The second-order valence-corrected chi connectivity index (χ2v) is 7.76. The third-order valence-corrected chi connectivity index (χ3v) is 5.75. The van der Waals surface area contributed by atoms with E-state index in [0.29, 0.717) is 6.04 Å². The van der Waals surface area contributed by atoms with Crippen LogP contribution < -0.4 is 10.2 Å². The lowest BCUT2D eigenvalue weighted by Crippen LogP contribution is -2.53. The Kier molecular flexibility index (Phi) is 11.0. The number of likely N-dealkylation sites (tertiary alicyclic amines) is 1. The van der Waals surface area contributed by atoms with Gasteiger partial charge < -0.3 is 15.1 Å². The average Bonchev–Trinajstić information content (AvgIpc) is 2.76. The first-order chi connectivity index (χ1) is 13.8. The summed E-state index contributed by atoms with van der Waals surface area (Å²) >= 11 is 0. The van der Waals surface area contributed by atoms with Gasteiger partial charge in [0.15, 0.2) is 5.96 Å². The molecule has 2 saturated heterocycles. The maximum Gasteiger partial charge on any atom is 0.225 e. The molecule has 8 heteroatoms. The number of anilines is 1. The molecule has 2 aliphatic rings. The monoisotopic (exact) mass is 515 g/mol. The lowest BCUT2D eigenvalue weighted by atomic mass is 10.0. The first-order valence-electron chi connectivity index (χ1n) is 11.1. The number of hydrogen-bond donors (Lipinski definition) is 1. The van der Waals surface area contributed by atoms with E-state index in [4.69, 9.17) is 4.99 Å². The molecule has 2 aliphatic heterocycles. The number of aliphatic imine (C=N–C) groups is 1. The molecular formula is C21H38IN7. The fraction of sp³-hybridized carbons (Fsp3) is 0.762. The Morgan fingerprint density at radius 2 is 1.86 bits per heavy atom. The molecule has 0 spiro atoms. The van der Waals surface area contributed by atoms with E-state index in [0.717, 1.165) is 51.2 Å². The summed E-state index contributed by atoms with van der Waals surface area (Å²) in [5.41, 5.74) is 0. The number of aromatic nitrogens is 2. The zero-order valence-electron chi connectivity index (χ0n) is 18.1. The molecule has 3 heterocycles. The Hall–Kier alpha value is -1.16. The van der Waals surface area contributed by atoms with Crippen molar-refractivity contribution in [3.8, 4) is 0 Å². The summed E-state index contributed by atoms with van der Waals surface area (Å²) in [4.78, 5) is 21.1. The van der Waals surface area contributed by atoms with Gasteiger partial charge in [-0.15, -0.1) is 24.0 Å². The van der Waals surface area contributed by atoms with Crippen molar-refractivity contribution in [1.82, 2.24) is 25.1 Å². The molecule has 7 nitrogen and oxygen atoms in total. The largest absolute Gasteiger partial charge is 0.357 e. The summed E-state index contributed by atoms with van der Waals surface area (Å²) in [5, 5.41) is 3.51. The summed E-state index contributed by atoms with van der Waals surface area (Å²) in [6, 6.07) is 2.47. The summed E-state index contributed by atoms with van der Waals surface area (Å²) in [6.07, 6.45) is 10.2. The molecule has 2 fully saturated rings. The molecular weight excluding hydrogens is 477 g/mol. The van der Waals surface area contributed by atoms with Crippen LogP contribution in [0.15, 0.2) is 23.5 Å². The molecule has 1 aromatic heterocycles. The highest BCUT2D eigenvalue weighted by Gasteiger charge is 2.24. The van der Waals surface area contributed by atoms with Crippen molar-refractivity contribution in [1.29, 1.82) is 0 Å². The van der Waals surface area contributed by atoms with E-state index in [1.54, 1.807) is 0 Å². The molecule has 3 rings (SSSR count). The molecule has 1 atom stereocenters. The summed E-state index contributed by atoms with van der Waals surface area (Å²) in [7, 11) is 0. The SMILES string of the molecule is CCCCN1CCCCC1CN=C(NCC)N1CCN(c2ncccn2)CC1.I. The van der Waals surface area contributed by atoms with Gasteiger partial charge in [0.05, 0.1) is 6.54 Å². The lowest BCUT2D eigenvalue weighted by Gasteiger charge is -2.37. The van der Waals surface area contributed by atoms with E-state index in [-0.39, 0.29) is 24.0 Å². The van der Waals surface area contributed by atoms with Gasteiger partial charge in [0.1, 0.15) is 0 Å². The number of nitrogens with one attached hydrogen (secondary N) is 1. The maximum absolute atomic E-state index is 5.06. The van der Waals surface area contributed by atoms with E-state index >= 15 is 0 Å². The Balaban J connectivity index is 0.00000300. The summed E-state index contributed by atoms with van der Waals surface area (Å²) in [6.45, 7) is 12.5. The first kappa shape index (κ1) is 24.1. The zero-order valence-corrected chi connectivity index (χ0v) is 20.4. The van der Waals surface area contributed by atoms with E-state index in [9.17, 15) is 0 Å². The number of hydrogen-bond acceptors (Lipinski definition) is 5. The Labute approximate surface area is 193 Å². The van der Waals surface area contributed by atoms with Crippen molar-refractivity contribution < 1.29 is 0 Å². The highest BCUT2D eigenvalue weighted by Crippen LogP contribution is 2.18. The predicted molar refractivity (Wildman–Crippen MR) is 131 cm³/mol. The molecule has 0 aromatic carbocycles. The molecule has 0 saturated carbocycles. The minimum atomic E-state index is 0. The Bertz CT molecular complexity index is 590. The fourth-order valence-corrected chi connectivity index (χ4v) is 4.11. The van der Waals surface area contributed by atoms with Crippen LogP contribution in [0.25, 0.3) is 0 Å². The molecule has 0 bridgehead atoms. The molecule has 1 aromatic rings. The number of piperazine rings is 1. The van der Waals surface area contributed by atoms with Gasteiger partial charge in [-0.2, -0.15) is 0 Å². The third kappa shape index (κ3) is 7.24. The second kappa shape index (κ2) is 13.2. The van der Waals surface area contributed by atoms with E-state index in [2.05, 4.69) is 43.8 Å². The Morgan fingerprint density at radius 1 is 1.10 bits per heavy atom. The number of rotatable bonds is 7. The predicted octanol–water partition coefficient (Wildman–Crippen LogP) is 2.84. The Morgan fingerprint density at radius 3 is 2.55 bits per heavy atom. The third-order valence-electron chi connectivity index (χ3n) is 5.75. The van der Waals surface area contributed by atoms with E-state index in [1.165, 1.54) is 45.2 Å². The van der Waals surface area contributed by atoms with Gasteiger partial charge in [-0.3, -0.25) is 9.89 Å². The van der Waals surface area contributed by atoms with Gasteiger partial charge in [-0.1, -0.05) is 19.8 Å². The molecule has 0 amide bonds. The van der Waals surface area contributed by atoms with Crippen LogP contribution in [0, 0.1) is 0 Å².